The van der Waals surface area contributed by atoms with E-state index in [-0.39, 0.29) is 10.8 Å². The zero-order chi connectivity index (χ0) is 19.4. The molecule has 2 N–H and O–H groups in total. The lowest BCUT2D eigenvalue weighted by Crippen LogP contribution is -2.45. The van der Waals surface area contributed by atoms with Gasteiger partial charge in [-0.25, -0.2) is 12.8 Å². The molecule has 1 atom stereocenters. The minimum Gasteiger partial charge on any atom is -0.346 e. The Labute approximate surface area is 160 Å². The van der Waals surface area contributed by atoms with Crippen LogP contribution in [-0.2, 0) is 19.6 Å². The van der Waals surface area contributed by atoms with Crippen LogP contribution in [0.25, 0.3) is 0 Å². The second-order valence-electron chi connectivity index (χ2n) is 6.01. The van der Waals surface area contributed by atoms with Crippen LogP contribution in [-0.4, -0.2) is 43.7 Å². The zero-order valence-corrected chi connectivity index (χ0v) is 15.9. The van der Waals surface area contributed by atoms with E-state index in [9.17, 15) is 22.4 Å². The molecule has 1 fully saturated rings. The van der Waals surface area contributed by atoms with E-state index in [4.69, 9.17) is 0 Å². The van der Waals surface area contributed by atoms with Crippen molar-refractivity contribution in [2.45, 2.75) is 23.1 Å². The number of benzene rings is 1. The average Bonchev–Trinajstić information content (AvgIpc) is 3.33. The van der Waals surface area contributed by atoms with Crippen LogP contribution in [0.15, 0.2) is 46.0 Å². The number of rotatable bonds is 5. The number of nitrogens with one attached hydrogen (secondary N) is 2. The molecule has 10 heteroatoms. The first-order chi connectivity index (χ1) is 12.9. The third-order valence-electron chi connectivity index (χ3n) is 4.19. The van der Waals surface area contributed by atoms with Crippen LogP contribution in [0, 0.1) is 5.82 Å². The van der Waals surface area contributed by atoms with Crippen LogP contribution < -0.4 is 10.6 Å². The van der Waals surface area contributed by atoms with Gasteiger partial charge in [-0.3, -0.25) is 9.59 Å². The van der Waals surface area contributed by atoms with E-state index in [1.807, 2.05) is 0 Å². The van der Waals surface area contributed by atoms with Gasteiger partial charge in [-0.05, 0) is 48.6 Å². The zero-order valence-electron chi connectivity index (χ0n) is 14.2. The molecule has 2 aromatic rings. The molecule has 1 aliphatic rings. The SMILES string of the molecule is O=C(NC[C@@H]1CCCN1S(=O)(=O)c1cccs1)C(=O)Nc1ccc(F)cc1. The molecule has 0 aliphatic carbocycles. The topological polar surface area (TPSA) is 95.6 Å². The lowest BCUT2D eigenvalue weighted by molar-refractivity contribution is -0.136. The van der Waals surface area contributed by atoms with Crippen molar-refractivity contribution < 1.29 is 22.4 Å². The first kappa shape index (κ1) is 19.5. The van der Waals surface area contributed by atoms with Gasteiger partial charge in [-0.15, -0.1) is 11.3 Å². The molecule has 144 valence electrons. The van der Waals surface area contributed by atoms with E-state index in [2.05, 4.69) is 10.6 Å². The van der Waals surface area contributed by atoms with Crippen molar-refractivity contribution in [1.29, 1.82) is 0 Å². The smallest absolute Gasteiger partial charge is 0.313 e. The molecular weight excluding hydrogens is 393 g/mol. The Morgan fingerprint density at radius 1 is 1.19 bits per heavy atom. The molecule has 3 rings (SSSR count). The Kier molecular flexibility index (Phi) is 5.88. The Balaban J connectivity index is 1.57. The summed E-state index contributed by atoms with van der Waals surface area (Å²) in [7, 11) is -3.60. The summed E-state index contributed by atoms with van der Waals surface area (Å²) >= 11 is 1.14. The van der Waals surface area contributed by atoms with E-state index in [0.29, 0.717) is 25.1 Å². The predicted octanol–water partition coefficient (Wildman–Crippen LogP) is 1.80. The highest BCUT2D eigenvalue weighted by molar-refractivity contribution is 7.91. The van der Waals surface area contributed by atoms with Crippen LogP contribution >= 0.6 is 11.3 Å². The van der Waals surface area contributed by atoms with Crippen LogP contribution in [0.1, 0.15) is 12.8 Å². The van der Waals surface area contributed by atoms with Gasteiger partial charge in [-0.1, -0.05) is 6.07 Å². The number of amides is 2. The quantitative estimate of drug-likeness (QED) is 0.734. The van der Waals surface area contributed by atoms with Crippen LogP contribution in [0.5, 0.6) is 0 Å². The Hall–Kier alpha value is -2.30. The number of hydrogen-bond donors (Lipinski definition) is 2. The first-order valence-electron chi connectivity index (χ1n) is 8.28. The molecular formula is C17H18FN3O4S2. The molecule has 1 aromatic carbocycles. The summed E-state index contributed by atoms with van der Waals surface area (Å²) in [5, 5.41) is 6.53. The molecule has 1 aliphatic heterocycles. The van der Waals surface area contributed by atoms with E-state index in [1.165, 1.54) is 28.6 Å². The number of carbonyl (C=O) groups is 2. The summed E-state index contributed by atoms with van der Waals surface area (Å²) in [6, 6.07) is 7.83. The summed E-state index contributed by atoms with van der Waals surface area (Å²) in [6.45, 7) is 0.419. The predicted molar refractivity (Wildman–Crippen MR) is 99.3 cm³/mol. The molecule has 2 amide bonds. The monoisotopic (exact) mass is 411 g/mol. The number of hydrogen-bond acceptors (Lipinski definition) is 5. The van der Waals surface area contributed by atoms with Gasteiger partial charge in [-0.2, -0.15) is 4.31 Å². The Bertz CT molecular complexity index is 914. The fraction of sp³-hybridized carbons (Fsp3) is 0.294. The lowest BCUT2D eigenvalue weighted by atomic mass is 10.2. The lowest BCUT2D eigenvalue weighted by Gasteiger charge is -2.23. The maximum atomic E-state index is 12.9. The summed E-state index contributed by atoms with van der Waals surface area (Å²) < 4.78 is 39.8. The molecule has 1 saturated heterocycles. The van der Waals surface area contributed by atoms with E-state index in [1.54, 1.807) is 17.5 Å². The summed E-state index contributed by atoms with van der Waals surface area (Å²) in [4.78, 5) is 23.9. The molecule has 0 saturated carbocycles. The van der Waals surface area contributed by atoms with Crippen molar-refractivity contribution in [2.75, 3.05) is 18.4 Å². The maximum absolute atomic E-state index is 12.9. The van der Waals surface area contributed by atoms with Crippen LogP contribution in [0.4, 0.5) is 10.1 Å². The van der Waals surface area contributed by atoms with Crippen molar-refractivity contribution in [3.8, 4) is 0 Å². The highest BCUT2D eigenvalue weighted by atomic mass is 32.2. The molecule has 7 nitrogen and oxygen atoms in total. The number of halogens is 1. The fourth-order valence-corrected chi connectivity index (χ4v) is 5.68. The molecule has 0 radical (unpaired) electrons. The molecule has 0 bridgehead atoms. The third kappa shape index (κ3) is 4.52. The van der Waals surface area contributed by atoms with Gasteiger partial charge in [0.15, 0.2) is 0 Å². The van der Waals surface area contributed by atoms with Gasteiger partial charge in [0.05, 0.1) is 0 Å². The maximum Gasteiger partial charge on any atom is 0.313 e. The van der Waals surface area contributed by atoms with Crippen LogP contribution in [0.2, 0.25) is 0 Å². The fourth-order valence-electron chi connectivity index (χ4n) is 2.87. The molecule has 0 spiro atoms. The van der Waals surface area contributed by atoms with E-state index < -0.39 is 33.7 Å². The number of thiophene rings is 1. The molecule has 1 aromatic heterocycles. The van der Waals surface area contributed by atoms with Gasteiger partial charge < -0.3 is 10.6 Å². The average molecular weight is 411 g/mol. The number of sulfonamides is 1. The largest absolute Gasteiger partial charge is 0.346 e. The van der Waals surface area contributed by atoms with Gasteiger partial charge in [0.1, 0.15) is 10.0 Å². The van der Waals surface area contributed by atoms with Crippen molar-refractivity contribution >= 4 is 38.9 Å². The molecule has 2 heterocycles. The highest BCUT2D eigenvalue weighted by Crippen LogP contribution is 2.28. The second kappa shape index (κ2) is 8.15. The number of nitrogens with zero attached hydrogens (tertiary/aromatic N) is 1. The van der Waals surface area contributed by atoms with Gasteiger partial charge in [0, 0.05) is 24.8 Å². The third-order valence-corrected chi connectivity index (χ3v) is 7.51. The van der Waals surface area contributed by atoms with Crippen LogP contribution in [0.3, 0.4) is 0 Å². The summed E-state index contributed by atoms with van der Waals surface area (Å²) in [5.74, 6) is -2.22. The number of carbonyl (C=O) groups excluding carboxylic acids is 2. The van der Waals surface area contributed by atoms with E-state index in [0.717, 1.165) is 11.3 Å². The van der Waals surface area contributed by atoms with Gasteiger partial charge >= 0.3 is 11.8 Å². The van der Waals surface area contributed by atoms with Crippen molar-refractivity contribution in [2.24, 2.45) is 0 Å². The summed E-state index contributed by atoms with van der Waals surface area (Å²) in [6.07, 6.45) is 1.29. The minimum absolute atomic E-state index is 0.0419. The van der Waals surface area contributed by atoms with Crippen molar-refractivity contribution in [3.05, 3.63) is 47.6 Å². The normalized spacial score (nSPS) is 17.6. The molecule has 0 unspecified atom stereocenters. The first-order valence-corrected chi connectivity index (χ1v) is 10.6. The van der Waals surface area contributed by atoms with Crippen molar-refractivity contribution in [3.63, 3.8) is 0 Å². The Morgan fingerprint density at radius 3 is 2.59 bits per heavy atom. The second-order valence-corrected chi connectivity index (χ2v) is 9.08. The minimum atomic E-state index is -3.60. The van der Waals surface area contributed by atoms with Crippen molar-refractivity contribution in [1.82, 2.24) is 9.62 Å². The molecule has 27 heavy (non-hydrogen) atoms. The van der Waals surface area contributed by atoms with Gasteiger partial charge in [0.2, 0.25) is 0 Å². The summed E-state index contributed by atoms with van der Waals surface area (Å²) in [5.41, 5.74) is 0.291. The van der Waals surface area contributed by atoms with E-state index >= 15 is 0 Å². The standard InChI is InChI=1S/C17H18FN3O4S2/c18-12-5-7-13(8-6-12)20-17(23)16(22)19-11-14-3-1-9-21(14)27(24,25)15-4-2-10-26-15/h2,4-8,10,14H,1,3,9,11H2,(H,19,22)(H,20,23)/t14-/m0/s1. The number of anilines is 1. The Morgan fingerprint density at radius 2 is 1.93 bits per heavy atom. The van der Waals surface area contributed by atoms with Gasteiger partial charge in [0.25, 0.3) is 10.0 Å². The highest BCUT2D eigenvalue weighted by Gasteiger charge is 2.36.